The summed E-state index contributed by atoms with van der Waals surface area (Å²) in [6.45, 7) is 1.49. The zero-order chi connectivity index (χ0) is 15.9. The number of aromatic nitrogens is 2. The number of nitrogens with zero attached hydrogens (tertiary/aromatic N) is 2. The third kappa shape index (κ3) is 2.30. The number of anilines is 1. The second-order valence-corrected chi connectivity index (χ2v) is 5.45. The van der Waals surface area contributed by atoms with Crippen LogP contribution in [0.1, 0.15) is 24.2 Å². The van der Waals surface area contributed by atoms with Gasteiger partial charge >= 0.3 is 0 Å². The van der Waals surface area contributed by atoms with Crippen LogP contribution in [-0.4, -0.2) is 21.2 Å². The van der Waals surface area contributed by atoms with Crippen molar-refractivity contribution in [1.29, 1.82) is 0 Å². The fourth-order valence-electron chi connectivity index (χ4n) is 2.59. The van der Waals surface area contributed by atoms with Gasteiger partial charge in [0.1, 0.15) is 24.0 Å². The number of aliphatic hydroxyl groups excluding tert-OH is 1. The molecule has 0 radical (unpaired) electrons. The van der Waals surface area contributed by atoms with E-state index in [4.69, 9.17) is 11.6 Å². The molecule has 1 unspecified atom stereocenters. The zero-order valence-electron chi connectivity index (χ0n) is 11.7. The van der Waals surface area contributed by atoms with Crippen molar-refractivity contribution >= 4 is 23.7 Å². The number of halogens is 2. The number of nitrogens with one attached hydrogen (secondary N) is 1. The lowest BCUT2D eigenvalue weighted by Gasteiger charge is -2.28. The van der Waals surface area contributed by atoms with Crippen molar-refractivity contribution < 1.29 is 14.3 Å². The third-order valence-electron chi connectivity index (χ3n) is 3.62. The minimum atomic E-state index is -0.702. The van der Waals surface area contributed by atoms with Crippen LogP contribution >= 0.6 is 11.6 Å². The number of hydrogen-bond donors (Lipinski definition) is 2. The number of carbonyl (C=O) groups excluding carboxylic acids is 1. The van der Waals surface area contributed by atoms with E-state index in [0.717, 1.165) is 0 Å². The molecule has 22 heavy (non-hydrogen) atoms. The summed E-state index contributed by atoms with van der Waals surface area (Å²) in [6.07, 6.45) is 0.685. The van der Waals surface area contributed by atoms with E-state index in [1.807, 2.05) is 0 Å². The van der Waals surface area contributed by atoms with E-state index in [9.17, 15) is 14.3 Å². The van der Waals surface area contributed by atoms with Gasteiger partial charge in [0.05, 0.1) is 12.3 Å². The molecule has 114 valence electrons. The minimum Gasteiger partial charge on any atom is -0.390 e. The number of rotatable bonds is 3. The Morgan fingerprint density at radius 2 is 2.27 bits per heavy atom. The van der Waals surface area contributed by atoms with Crippen LogP contribution in [0.25, 0.3) is 0 Å². The van der Waals surface area contributed by atoms with Crippen molar-refractivity contribution in [3.8, 4) is 0 Å². The van der Waals surface area contributed by atoms with Gasteiger partial charge in [0.2, 0.25) is 0 Å². The van der Waals surface area contributed by atoms with Gasteiger partial charge in [0, 0.05) is 27.9 Å². The Bertz CT molecular complexity index is 785. The number of allylic oxidation sites excluding steroid dienone is 2. The summed E-state index contributed by atoms with van der Waals surface area (Å²) in [4.78, 5) is 11.5. The number of aliphatic hydroxyl groups is 1. The van der Waals surface area contributed by atoms with E-state index < -0.39 is 11.9 Å². The van der Waals surface area contributed by atoms with Crippen molar-refractivity contribution in [2.24, 2.45) is 0 Å². The molecule has 5 nitrogen and oxygen atoms in total. The summed E-state index contributed by atoms with van der Waals surface area (Å²) in [6, 6.07) is 5.26. The maximum Gasteiger partial charge on any atom is 0.150 e. The van der Waals surface area contributed by atoms with Gasteiger partial charge in [0.15, 0.2) is 0 Å². The molecule has 0 spiro atoms. The number of carbonyl (C=O) groups is 1. The van der Waals surface area contributed by atoms with Crippen molar-refractivity contribution in [3.63, 3.8) is 0 Å². The van der Waals surface area contributed by atoms with Gasteiger partial charge in [0.25, 0.3) is 0 Å². The highest BCUT2D eigenvalue weighted by molar-refractivity contribution is 6.30. The smallest absolute Gasteiger partial charge is 0.150 e. The molecule has 2 N–H and O–H groups in total. The fourth-order valence-corrected chi connectivity index (χ4v) is 2.75. The van der Waals surface area contributed by atoms with Gasteiger partial charge < -0.3 is 10.4 Å². The Labute approximate surface area is 131 Å². The standard InChI is InChI=1S/C15H13ClFN3O2/c1-8-12(7-22)15(11-3-2-9(16)4-13(11)17)20-14(18-8)5-10(6-21)19-20/h2-5,7,15,18,21H,6H2,1H3. The summed E-state index contributed by atoms with van der Waals surface area (Å²) >= 11 is 5.79. The molecular weight excluding hydrogens is 309 g/mol. The van der Waals surface area contributed by atoms with Crippen LogP contribution in [0.4, 0.5) is 10.2 Å². The largest absolute Gasteiger partial charge is 0.390 e. The summed E-state index contributed by atoms with van der Waals surface area (Å²) in [5, 5.41) is 16.8. The van der Waals surface area contributed by atoms with Gasteiger partial charge in [-0.3, -0.25) is 4.79 Å². The first-order valence-electron chi connectivity index (χ1n) is 6.62. The summed E-state index contributed by atoms with van der Waals surface area (Å²) in [5.41, 5.74) is 1.72. The van der Waals surface area contributed by atoms with Crippen LogP contribution in [-0.2, 0) is 11.4 Å². The van der Waals surface area contributed by atoms with Crippen molar-refractivity contribution in [2.75, 3.05) is 5.32 Å². The highest BCUT2D eigenvalue weighted by Gasteiger charge is 2.30. The van der Waals surface area contributed by atoms with Gasteiger partial charge in [-0.05, 0) is 19.1 Å². The summed E-state index contributed by atoms with van der Waals surface area (Å²) in [5.74, 6) is 0.0741. The molecule has 0 aliphatic carbocycles. The van der Waals surface area contributed by atoms with Crippen LogP contribution < -0.4 is 5.32 Å². The normalized spacial score (nSPS) is 17.2. The van der Waals surface area contributed by atoms with Gasteiger partial charge in [-0.1, -0.05) is 17.7 Å². The minimum absolute atomic E-state index is 0.243. The van der Waals surface area contributed by atoms with E-state index in [1.165, 1.54) is 16.8 Å². The van der Waals surface area contributed by atoms with E-state index in [1.54, 1.807) is 19.1 Å². The first-order chi connectivity index (χ1) is 10.5. The first kappa shape index (κ1) is 14.7. The van der Waals surface area contributed by atoms with E-state index in [-0.39, 0.29) is 11.6 Å². The quantitative estimate of drug-likeness (QED) is 0.853. The molecule has 0 fully saturated rings. The average molecular weight is 322 g/mol. The number of benzene rings is 1. The highest BCUT2D eigenvalue weighted by atomic mass is 35.5. The number of fused-ring (bicyclic) bond motifs is 1. The molecule has 1 aromatic carbocycles. The zero-order valence-corrected chi connectivity index (χ0v) is 12.4. The van der Waals surface area contributed by atoms with Crippen molar-refractivity contribution in [2.45, 2.75) is 19.6 Å². The maximum atomic E-state index is 14.3. The molecule has 3 rings (SSSR count). The maximum absolute atomic E-state index is 14.3. The molecule has 2 heterocycles. The van der Waals surface area contributed by atoms with Crippen LogP contribution in [0.5, 0.6) is 0 Å². The predicted molar refractivity (Wildman–Crippen MR) is 80.1 cm³/mol. The summed E-state index contributed by atoms with van der Waals surface area (Å²) < 4.78 is 15.8. The van der Waals surface area contributed by atoms with Crippen LogP contribution in [0.15, 0.2) is 35.5 Å². The topological polar surface area (TPSA) is 67.2 Å². The molecule has 1 aromatic heterocycles. The Hall–Kier alpha value is -2.18. The van der Waals surface area contributed by atoms with Gasteiger partial charge in [-0.2, -0.15) is 5.10 Å². The average Bonchev–Trinajstić information content (AvgIpc) is 2.89. The van der Waals surface area contributed by atoms with Gasteiger partial charge in [-0.25, -0.2) is 9.07 Å². The molecular formula is C15H13ClFN3O2. The van der Waals surface area contributed by atoms with Crippen molar-refractivity contribution in [1.82, 2.24) is 9.78 Å². The van der Waals surface area contributed by atoms with Crippen LogP contribution in [0, 0.1) is 5.82 Å². The van der Waals surface area contributed by atoms with E-state index in [2.05, 4.69) is 10.4 Å². The number of hydrogen-bond acceptors (Lipinski definition) is 4. The SMILES string of the molecule is CC1=C(C=O)C(c2ccc(Cl)cc2F)n2nc(CO)cc2N1. The van der Waals surface area contributed by atoms with Gasteiger partial charge in [-0.15, -0.1) is 0 Å². The van der Waals surface area contributed by atoms with Crippen LogP contribution in [0.2, 0.25) is 5.02 Å². The molecule has 0 amide bonds. The summed E-state index contributed by atoms with van der Waals surface area (Å²) in [7, 11) is 0. The molecule has 2 aromatic rings. The molecule has 1 atom stereocenters. The monoisotopic (exact) mass is 321 g/mol. The lowest BCUT2D eigenvalue weighted by Crippen LogP contribution is -2.25. The molecule has 1 aliphatic heterocycles. The Morgan fingerprint density at radius 1 is 1.50 bits per heavy atom. The number of aldehydes is 1. The van der Waals surface area contributed by atoms with Crippen molar-refractivity contribution in [3.05, 3.63) is 57.6 Å². The van der Waals surface area contributed by atoms with Crippen LogP contribution in [0.3, 0.4) is 0 Å². The third-order valence-corrected chi connectivity index (χ3v) is 3.86. The Balaban J connectivity index is 2.22. The lowest BCUT2D eigenvalue weighted by molar-refractivity contribution is -0.105. The molecule has 1 aliphatic rings. The molecule has 0 saturated heterocycles. The Kier molecular flexibility index (Phi) is 3.72. The second kappa shape index (κ2) is 5.55. The van der Waals surface area contributed by atoms with E-state index in [0.29, 0.717) is 34.6 Å². The van der Waals surface area contributed by atoms with E-state index >= 15 is 0 Å². The predicted octanol–water partition coefficient (Wildman–Crippen LogP) is 2.66. The molecule has 0 bridgehead atoms. The molecule has 0 saturated carbocycles. The fraction of sp³-hybridized carbons (Fsp3) is 0.200. The first-order valence-corrected chi connectivity index (χ1v) is 7.00. The molecule has 7 heteroatoms. The highest BCUT2D eigenvalue weighted by Crippen LogP contribution is 2.36. The second-order valence-electron chi connectivity index (χ2n) is 5.02. The Morgan fingerprint density at radius 3 is 2.91 bits per heavy atom. The lowest BCUT2D eigenvalue weighted by atomic mass is 9.96.